The predicted molar refractivity (Wildman–Crippen MR) is 127 cm³/mol. The van der Waals surface area contributed by atoms with E-state index in [1.807, 2.05) is 0 Å². The molecular formula is C23H21ClFN7O3. The summed E-state index contributed by atoms with van der Waals surface area (Å²) < 4.78 is 20.1. The van der Waals surface area contributed by atoms with Gasteiger partial charge in [0.15, 0.2) is 11.5 Å². The lowest BCUT2D eigenvalue weighted by molar-refractivity contribution is 0.0953. The summed E-state index contributed by atoms with van der Waals surface area (Å²) in [6.45, 7) is 5.55. The first-order chi connectivity index (χ1) is 16.7. The molecule has 3 aromatic heterocycles. The maximum Gasteiger partial charge on any atom is 0.413 e. The first kappa shape index (κ1) is 25.3. The van der Waals surface area contributed by atoms with E-state index in [0.29, 0.717) is 29.8 Å². The van der Waals surface area contributed by atoms with E-state index >= 15 is 0 Å². The second kappa shape index (κ2) is 11.2. The molecule has 3 rings (SSSR count). The second-order valence-corrected chi connectivity index (χ2v) is 7.66. The van der Waals surface area contributed by atoms with Gasteiger partial charge in [0, 0.05) is 25.4 Å². The molecule has 0 saturated heterocycles. The molecule has 0 aliphatic carbocycles. The fraction of sp³-hybridized carbons (Fsp3) is 0.217. The lowest BCUT2D eigenvalue weighted by Gasteiger charge is -2.15. The van der Waals surface area contributed by atoms with Crippen LogP contribution in [-0.4, -0.2) is 43.5 Å². The number of carbonyl (C=O) groups excluding carboxylic acids is 2. The molecule has 35 heavy (non-hydrogen) atoms. The number of ether oxygens (including phenoxy) is 1. The van der Waals surface area contributed by atoms with E-state index in [0.717, 1.165) is 12.3 Å². The van der Waals surface area contributed by atoms with Gasteiger partial charge in [-0.3, -0.25) is 15.1 Å². The Labute approximate surface area is 205 Å². The Morgan fingerprint density at radius 3 is 2.80 bits per heavy atom. The number of aryl methyl sites for hydroxylation is 1. The molecule has 1 atom stereocenters. The third kappa shape index (κ3) is 6.39. The molecular weight excluding hydrogens is 477 g/mol. The summed E-state index contributed by atoms with van der Waals surface area (Å²) in [5.41, 5.74) is 1.73. The average Bonchev–Trinajstić information content (AvgIpc) is 3.20. The van der Waals surface area contributed by atoms with E-state index in [2.05, 4.69) is 43.4 Å². The highest BCUT2D eigenvalue weighted by Crippen LogP contribution is 2.27. The van der Waals surface area contributed by atoms with Gasteiger partial charge in [-0.15, -0.1) is 11.5 Å². The van der Waals surface area contributed by atoms with Crippen molar-refractivity contribution in [3.05, 3.63) is 64.8 Å². The van der Waals surface area contributed by atoms with Crippen LogP contribution in [0.4, 0.5) is 15.0 Å². The Morgan fingerprint density at radius 1 is 1.34 bits per heavy atom. The topological polar surface area (TPSA) is 124 Å². The van der Waals surface area contributed by atoms with Crippen LogP contribution in [0.1, 0.15) is 35.4 Å². The van der Waals surface area contributed by atoms with E-state index in [-0.39, 0.29) is 28.1 Å². The molecule has 0 bridgehead atoms. The van der Waals surface area contributed by atoms with Crippen molar-refractivity contribution in [1.82, 2.24) is 30.3 Å². The van der Waals surface area contributed by atoms with Crippen molar-refractivity contribution in [2.45, 2.75) is 19.4 Å². The van der Waals surface area contributed by atoms with Crippen LogP contribution in [0.5, 0.6) is 0 Å². The standard InChI is InChI=1S/C23H21ClFN7O3/c1-5-13(2)8-9-26-22(33)15-6-7-18(27-11-15)19-21(32(4)31-30-19)29-23(34)35-14(3)17-10-16(25)12-28-20(17)24/h1,6-7,10-12,14H,2,8-9H2,3-4H3,(H,26,33)(H,29,34)/t14-/m1/s1. The predicted octanol–water partition coefficient (Wildman–Crippen LogP) is 3.68. The molecule has 180 valence electrons. The minimum absolute atomic E-state index is 0.0175. The van der Waals surface area contributed by atoms with Crippen molar-refractivity contribution in [1.29, 1.82) is 0 Å². The molecule has 0 saturated carbocycles. The summed E-state index contributed by atoms with van der Waals surface area (Å²) in [5, 5.41) is 13.2. The van der Waals surface area contributed by atoms with Crippen molar-refractivity contribution in [2.24, 2.45) is 7.05 Å². The Bertz CT molecular complexity index is 1300. The van der Waals surface area contributed by atoms with Gasteiger partial charge < -0.3 is 10.1 Å². The van der Waals surface area contributed by atoms with Gasteiger partial charge in [0.1, 0.15) is 17.1 Å². The molecule has 0 aromatic carbocycles. The van der Waals surface area contributed by atoms with E-state index in [1.54, 1.807) is 19.2 Å². The smallest absolute Gasteiger partial charge is 0.413 e. The monoisotopic (exact) mass is 497 g/mol. The SMILES string of the molecule is C#CC(=C)CCNC(=O)c1ccc(-c2nnn(C)c2NC(=O)O[C@H](C)c2cc(F)cnc2Cl)nc1. The van der Waals surface area contributed by atoms with Crippen molar-refractivity contribution in [3.8, 4) is 23.7 Å². The van der Waals surface area contributed by atoms with Crippen molar-refractivity contribution in [2.75, 3.05) is 11.9 Å². The minimum Gasteiger partial charge on any atom is -0.441 e. The highest BCUT2D eigenvalue weighted by atomic mass is 35.5. The number of terminal acetylenes is 1. The number of aromatic nitrogens is 5. The van der Waals surface area contributed by atoms with Crippen LogP contribution in [0.25, 0.3) is 11.4 Å². The van der Waals surface area contributed by atoms with Crippen molar-refractivity contribution < 1.29 is 18.7 Å². The fourth-order valence-corrected chi connectivity index (χ4v) is 3.17. The van der Waals surface area contributed by atoms with Gasteiger partial charge in [-0.2, -0.15) is 0 Å². The van der Waals surface area contributed by atoms with Crippen LogP contribution in [0.3, 0.4) is 0 Å². The third-order valence-electron chi connectivity index (χ3n) is 4.79. The zero-order valence-electron chi connectivity index (χ0n) is 18.9. The average molecular weight is 498 g/mol. The molecule has 2 N–H and O–H groups in total. The number of pyridine rings is 2. The van der Waals surface area contributed by atoms with Gasteiger partial charge in [0.2, 0.25) is 0 Å². The molecule has 2 amide bonds. The van der Waals surface area contributed by atoms with Gasteiger partial charge >= 0.3 is 6.09 Å². The molecule has 3 heterocycles. The zero-order chi connectivity index (χ0) is 25.5. The van der Waals surface area contributed by atoms with Crippen LogP contribution in [0, 0.1) is 18.2 Å². The molecule has 0 spiro atoms. The Hall–Kier alpha value is -4.30. The summed E-state index contributed by atoms with van der Waals surface area (Å²) in [6, 6.07) is 4.26. The molecule has 10 nitrogen and oxygen atoms in total. The van der Waals surface area contributed by atoms with Gasteiger partial charge in [0.25, 0.3) is 5.91 Å². The van der Waals surface area contributed by atoms with Crippen LogP contribution >= 0.6 is 11.6 Å². The summed E-state index contributed by atoms with van der Waals surface area (Å²) in [5.74, 6) is 1.67. The lowest BCUT2D eigenvalue weighted by atomic mass is 10.2. The number of anilines is 1. The number of carbonyl (C=O) groups is 2. The van der Waals surface area contributed by atoms with Crippen LogP contribution in [0.15, 0.2) is 42.7 Å². The van der Waals surface area contributed by atoms with Gasteiger partial charge in [-0.25, -0.2) is 18.9 Å². The minimum atomic E-state index is -0.885. The molecule has 0 radical (unpaired) electrons. The van der Waals surface area contributed by atoms with Crippen LogP contribution in [0.2, 0.25) is 5.15 Å². The van der Waals surface area contributed by atoms with Gasteiger partial charge in [0.05, 0.1) is 17.5 Å². The Morgan fingerprint density at radius 2 is 2.11 bits per heavy atom. The largest absolute Gasteiger partial charge is 0.441 e. The summed E-state index contributed by atoms with van der Waals surface area (Å²) in [4.78, 5) is 32.7. The fourth-order valence-electron chi connectivity index (χ4n) is 2.91. The number of halogens is 2. The molecule has 12 heteroatoms. The lowest BCUT2D eigenvalue weighted by Crippen LogP contribution is -2.24. The number of rotatable bonds is 8. The normalized spacial score (nSPS) is 11.3. The Balaban J connectivity index is 1.68. The first-order valence-corrected chi connectivity index (χ1v) is 10.6. The quantitative estimate of drug-likeness (QED) is 0.359. The van der Waals surface area contributed by atoms with E-state index in [9.17, 15) is 14.0 Å². The molecule has 0 unspecified atom stereocenters. The number of hydrogen-bond acceptors (Lipinski definition) is 7. The maximum atomic E-state index is 13.5. The highest BCUT2D eigenvalue weighted by Gasteiger charge is 2.21. The molecule has 3 aromatic rings. The van der Waals surface area contributed by atoms with E-state index in [4.69, 9.17) is 22.8 Å². The van der Waals surface area contributed by atoms with Gasteiger partial charge in [-0.05, 0) is 37.1 Å². The number of hydrogen-bond donors (Lipinski definition) is 2. The van der Waals surface area contributed by atoms with Crippen LogP contribution in [-0.2, 0) is 11.8 Å². The van der Waals surface area contributed by atoms with E-state index < -0.39 is 18.0 Å². The van der Waals surface area contributed by atoms with Crippen LogP contribution < -0.4 is 10.6 Å². The second-order valence-electron chi connectivity index (χ2n) is 7.30. The number of nitrogens with one attached hydrogen (secondary N) is 2. The number of nitrogens with zero attached hydrogens (tertiary/aromatic N) is 5. The zero-order valence-corrected chi connectivity index (χ0v) is 19.6. The van der Waals surface area contributed by atoms with Crippen molar-refractivity contribution in [3.63, 3.8) is 0 Å². The maximum absolute atomic E-state index is 13.5. The summed E-state index contributed by atoms with van der Waals surface area (Å²) in [6.07, 6.45) is 6.31. The molecule has 0 aliphatic heterocycles. The number of amides is 2. The first-order valence-electron chi connectivity index (χ1n) is 10.3. The molecule has 0 fully saturated rings. The third-order valence-corrected chi connectivity index (χ3v) is 5.10. The molecule has 0 aliphatic rings. The van der Waals surface area contributed by atoms with Crippen molar-refractivity contribution >= 4 is 29.4 Å². The Kier molecular flexibility index (Phi) is 8.12. The van der Waals surface area contributed by atoms with E-state index in [1.165, 1.54) is 17.8 Å². The van der Waals surface area contributed by atoms with Gasteiger partial charge in [-0.1, -0.05) is 29.3 Å². The highest BCUT2D eigenvalue weighted by molar-refractivity contribution is 6.30. The summed E-state index contributed by atoms with van der Waals surface area (Å²) >= 11 is 5.97. The summed E-state index contributed by atoms with van der Waals surface area (Å²) in [7, 11) is 1.56.